The number of aliphatic carboxylic acids is 1. The van der Waals surface area contributed by atoms with Gasteiger partial charge in [-0.1, -0.05) is 0 Å². The molecule has 1 rings (SSSR count). The molecule has 1 heterocycles. The molecule has 1 N–H and O–H groups in total. The van der Waals surface area contributed by atoms with Gasteiger partial charge in [-0.3, -0.25) is 9.59 Å². The van der Waals surface area contributed by atoms with E-state index in [1.165, 1.54) is 0 Å². The maximum absolute atomic E-state index is 10.5. The molecule has 0 spiro atoms. The molecule has 1 atom stereocenters. The van der Waals surface area contributed by atoms with Gasteiger partial charge in [0.25, 0.3) is 0 Å². The van der Waals surface area contributed by atoms with Gasteiger partial charge in [-0.2, -0.15) is 0 Å². The number of cyclic esters (lactones) is 1. The molecule has 0 saturated carbocycles. The van der Waals surface area contributed by atoms with Crippen LogP contribution in [-0.2, 0) is 14.3 Å². The Morgan fingerprint density at radius 1 is 1.70 bits per heavy atom. The minimum absolute atomic E-state index is 0.641. The number of rotatable bonds is 1. The molecule has 1 aliphatic heterocycles. The van der Waals surface area contributed by atoms with Crippen molar-refractivity contribution in [1.29, 1.82) is 0 Å². The molecule has 0 aromatic heterocycles. The van der Waals surface area contributed by atoms with Crippen LogP contribution in [0.3, 0.4) is 0 Å². The van der Waals surface area contributed by atoms with Crippen LogP contribution in [0, 0.1) is 5.92 Å². The lowest BCUT2D eigenvalue weighted by molar-refractivity contribution is -0.209. The van der Waals surface area contributed by atoms with E-state index in [1.54, 1.807) is 13.8 Å². The van der Waals surface area contributed by atoms with Gasteiger partial charge in [0.1, 0.15) is 5.60 Å². The molecule has 0 bridgehead atoms. The summed E-state index contributed by atoms with van der Waals surface area (Å²) in [5, 5.41) is 8.44. The summed E-state index contributed by atoms with van der Waals surface area (Å²) in [6.07, 6.45) is 0. The van der Waals surface area contributed by atoms with Crippen LogP contribution in [0.1, 0.15) is 13.8 Å². The average molecular weight is 144 g/mol. The van der Waals surface area contributed by atoms with Gasteiger partial charge >= 0.3 is 11.9 Å². The number of carbonyl (C=O) groups is 2. The van der Waals surface area contributed by atoms with Gasteiger partial charge in [0, 0.05) is 0 Å². The first-order chi connectivity index (χ1) is 4.45. The highest BCUT2D eigenvalue weighted by atomic mass is 16.6. The molecule has 10 heavy (non-hydrogen) atoms. The Morgan fingerprint density at radius 2 is 2.20 bits per heavy atom. The second-order valence-electron chi connectivity index (χ2n) is 2.80. The van der Waals surface area contributed by atoms with Gasteiger partial charge in [-0.25, -0.2) is 0 Å². The predicted octanol–water partition coefficient (Wildman–Crippen LogP) is 0.0226. The number of ether oxygens (including phenoxy) is 1. The van der Waals surface area contributed by atoms with E-state index in [-0.39, 0.29) is 0 Å². The zero-order valence-electron chi connectivity index (χ0n) is 5.75. The van der Waals surface area contributed by atoms with Gasteiger partial charge in [-0.05, 0) is 13.8 Å². The Balaban J connectivity index is 2.75. The first-order valence-electron chi connectivity index (χ1n) is 2.91. The molecule has 1 fully saturated rings. The second-order valence-corrected chi connectivity index (χ2v) is 2.80. The highest BCUT2D eigenvalue weighted by molar-refractivity contribution is 5.99. The van der Waals surface area contributed by atoms with Crippen LogP contribution in [0.4, 0.5) is 0 Å². The largest absolute Gasteiger partial charge is 0.480 e. The van der Waals surface area contributed by atoms with Crippen LogP contribution in [0.2, 0.25) is 0 Å². The number of carboxylic acid groups (broad SMARTS) is 1. The van der Waals surface area contributed by atoms with Gasteiger partial charge in [0.05, 0.1) is 0 Å². The van der Waals surface area contributed by atoms with Crippen LogP contribution in [0.15, 0.2) is 0 Å². The normalized spacial score (nSPS) is 28.6. The van der Waals surface area contributed by atoms with Crippen molar-refractivity contribution in [2.24, 2.45) is 5.92 Å². The Hall–Kier alpha value is -1.06. The van der Waals surface area contributed by atoms with Gasteiger partial charge in [0.2, 0.25) is 0 Å². The summed E-state index contributed by atoms with van der Waals surface area (Å²) < 4.78 is 4.58. The van der Waals surface area contributed by atoms with Gasteiger partial charge in [-0.15, -0.1) is 0 Å². The topological polar surface area (TPSA) is 63.6 Å². The summed E-state index contributed by atoms with van der Waals surface area (Å²) in [7, 11) is 0. The molecule has 0 aromatic carbocycles. The predicted molar refractivity (Wildman–Crippen MR) is 31.3 cm³/mol. The fourth-order valence-electron chi connectivity index (χ4n) is 1.00. The van der Waals surface area contributed by atoms with E-state index in [0.29, 0.717) is 0 Å². The summed E-state index contributed by atoms with van der Waals surface area (Å²) >= 11 is 0. The van der Waals surface area contributed by atoms with Crippen LogP contribution >= 0.6 is 0 Å². The lowest BCUT2D eigenvalue weighted by Crippen LogP contribution is -2.56. The summed E-state index contributed by atoms with van der Waals surface area (Å²) in [5.74, 6) is -2.73. The Morgan fingerprint density at radius 3 is 2.30 bits per heavy atom. The van der Waals surface area contributed by atoms with Crippen LogP contribution < -0.4 is 0 Å². The third kappa shape index (κ3) is 0.761. The fraction of sp³-hybridized carbons (Fsp3) is 0.667. The highest BCUT2D eigenvalue weighted by Gasteiger charge is 2.54. The van der Waals surface area contributed by atoms with E-state index in [0.717, 1.165) is 0 Å². The Labute approximate surface area is 57.8 Å². The van der Waals surface area contributed by atoms with Crippen molar-refractivity contribution in [3.63, 3.8) is 0 Å². The molecule has 0 amide bonds. The van der Waals surface area contributed by atoms with Crippen molar-refractivity contribution in [3.8, 4) is 0 Å². The molecule has 1 saturated heterocycles. The zero-order chi connectivity index (χ0) is 7.94. The summed E-state index contributed by atoms with van der Waals surface area (Å²) in [5.41, 5.74) is -0.817. The molecular formula is C6H8O4. The number of carboxylic acids is 1. The fourth-order valence-corrected chi connectivity index (χ4v) is 1.00. The minimum atomic E-state index is -1.11. The van der Waals surface area contributed by atoms with E-state index >= 15 is 0 Å². The minimum Gasteiger partial charge on any atom is -0.480 e. The monoisotopic (exact) mass is 144 g/mol. The first kappa shape index (κ1) is 7.05. The van der Waals surface area contributed by atoms with Crippen molar-refractivity contribution in [2.45, 2.75) is 19.4 Å². The van der Waals surface area contributed by atoms with Gasteiger partial charge in [0.15, 0.2) is 5.92 Å². The number of esters is 1. The molecular weight excluding hydrogens is 136 g/mol. The number of carbonyl (C=O) groups excluding carboxylic acids is 1. The molecule has 0 aromatic rings. The first-order valence-corrected chi connectivity index (χ1v) is 2.91. The lowest BCUT2D eigenvalue weighted by atomic mass is 9.85. The molecule has 56 valence electrons. The van der Waals surface area contributed by atoms with Crippen LogP contribution in [0.25, 0.3) is 0 Å². The molecule has 1 unspecified atom stereocenters. The van der Waals surface area contributed by atoms with Crippen molar-refractivity contribution in [1.82, 2.24) is 0 Å². The molecule has 4 nitrogen and oxygen atoms in total. The van der Waals surface area contributed by atoms with Crippen LogP contribution in [0.5, 0.6) is 0 Å². The molecule has 0 radical (unpaired) electrons. The maximum Gasteiger partial charge on any atom is 0.325 e. The van der Waals surface area contributed by atoms with Gasteiger partial charge < -0.3 is 9.84 Å². The third-order valence-corrected chi connectivity index (χ3v) is 1.54. The molecule has 0 aliphatic carbocycles. The Kier molecular flexibility index (Phi) is 1.21. The van der Waals surface area contributed by atoms with E-state index in [4.69, 9.17) is 5.11 Å². The standard InChI is InChI=1S/C6H8O4/c1-6(2)3(4(7)8)5(9)10-6/h3H,1-2H3,(H,7,8). The number of hydrogen-bond acceptors (Lipinski definition) is 3. The van der Waals surface area contributed by atoms with Crippen LogP contribution in [-0.4, -0.2) is 22.6 Å². The quantitative estimate of drug-likeness (QED) is 0.416. The Bertz CT molecular complexity index is 186. The van der Waals surface area contributed by atoms with Crippen molar-refractivity contribution in [3.05, 3.63) is 0 Å². The van der Waals surface area contributed by atoms with E-state index in [1.807, 2.05) is 0 Å². The second kappa shape index (κ2) is 1.71. The van der Waals surface area contributed by atoms with E-state index in [2.05, 4.69) is 4.74 Å². The summed E-state index contributed by atoms with van der Waals surface area (Å²) in [6, 6.07) is 0. The van der Waals surface area contributed by atoms with Crippen molar-refractivity contribution >= 4 is 11.9 Å². The summed E-state index contributed by atoms with van der Waals surface area (Å²) in [4.78, 5) is 20.8. The SMILES string of the molecule is CC1(C)OC(=O)C1C(=O)O. The van der Waals surface area contributed by atoms with E-state index in [9.17, 15) is 9.59 Å². The third-order valence-electron chi connectivity index (χ3n) is 1.54. The number of hydrogen-bond donors (Lipinski definition) is 1. The maximum atomic E-state index is 10.5. The zero-order valence-corrected chi connectivity index (χ0v) is 5.75. The summed E-state index contributed by atoms with van der Waals surface area (Å²) in [6.45, 7) is 3.15. The molecule has 4 heteroatoms. The van der Waals surface area contributed by atoms with Crippen molar-refractivity contribution in [2.75, 3.05) is 0 Å². The molecule has 1 aliphatic rings. The highest BCUT2D eigenvalue weighted by Crippen LogP contribution is 2.33. The smallest absolute Gasteiger partial charge is 0.325 e. The average Bonchev–Trinajstić information content (AvgIpc) is 1.58. The lowest BCUT2D eigenvalue weighted by Gasteiger charge is -2.39. The van der Waals surface area contributed by atoms with Crippen molar-refractivity contribution < 1.29 is 19.4 Å². The van der Waals surface area contributed by atoms with E-state index < -0.39 is 23.5 Å².